The van der Waals surface area contributed by atoms with Crippen LogP contribution in [0, 0.1) is 26.6 Å². The van der Waals surface area contributed by atoms with Gasteiger partial charge < -0.3 is 24.2 Å². The number of hydrogen-bond donors (Lipinski definition) is 1. The van der Waals surface area contributed by atoms with Crippen molar-refractivity contribution in [1.29, 1.82) is 0 Å². The Hall–Kier alpha value is -3.91. The van der Waals surface area contributed by atoms with Gasteiger partial charge in [-0.3, -0.25) is 4.79 Å². The van der Waals surface area contributed by atoms with Crippen molar-refractivity contribution in [3.8, 4) is 22.6 Å². The highest BCUT2D eigenvalue weighted by atomic mass is 19.1. The van der Waals surface area contributed by atoms with Crippen LogP contribution in [0.3, 0.4) is 0 Å². The summed E-state index contributed by atoms with van der Waals surface area (Å²) in [5, 5.41) is 10.4. The molecule has 0 bridgehead atoms. The molecule has 0 aromatic heterocycles. The lowest BCUT2D eigenvalue weighted by Crippen LogP contribution is -2.30. The number of methoxy groups -OCH3 is 1. The van der Waals surface area contributed by atoms with Gasteiger partial charge in [-0.05, 0) is 118 Å². The summed E-state index contributed by atoms with van der Waals surface area (Å²) in [7, 11) is 1.56. The first kappa shape index (κ1) is 29.6. The van der Waals surface area contributed by atoms with Gasteiger partial charge in [-0.25, -0.2) is 9.18 Å². The first-order valence-corrected chi connectivity index (χ1v) is 14.3. The topological polar surface area (TPSA) is 85.3 Å². The predicted octanol–water partition coefficient (Wildman–Crippen LogP) is 6.90. The van der Waals surface area contributed by atoms with Gasteiger partial charge in [-0.15, -0.1) is 0 Å². The first-order chi connectivity index (χ1) is 19.8. The highest BCUT2D eigenvalue weighted by molar-refractivity contribution is 6.09. The molecule has 1 atom stereocenters. The molecule has 0 fully saturated rings. The Balaban J connectivity index is 1.77. The zero-order valence-electron chi connectivity index (χ0n) is 25.3. The maximum absolute atomic E-state index is 15.6. The molecule has 1 amide bonds. The molecule has 0 saturated carbocycles. The zero-order chi connectivity index (χ0) is 30.5. The molecule has 3 aromatic carbocycles. The average Bonchev–Trinajstić information content (AvgIpc) is 3.36. The third kappa shape index (κ3) is 5.24. The minimum Gasteiger partial charge on any atom is -0.497 e. The number of aliphatic carboxylic acids is 1. The summed E-state index contributed by atoms with van der Waals surface area (Å²) in [6, 6.07) is 8.72. The smallest absolute Gasteiger partial charge is 0.337 e. The number of carboxylic acid groups (broad SMARTS) is 1. The molecule has 42 heavy (non-hydrogen) atoms. The molecule has 2 aliphatic rings. The Bertz CT molecular complexity index is 1590. The number of hydrogen-bond acceptors (Lipinski definition) is 5. The van der Waals surface area contributed by atoms with E-state index in [0.717, 1.165) is 28.7 Å². The minimum atomic E-state index is -1.30. The number of ether oxygens (including phenoxy) is 3. The minimum absolute atomic E-state index is 0.175. The summed E-state index contributed by atoms with van der Waals surface area (Å²) >= 11 is 0. The number of nitrogens with zero attached hydrogens (tertiary/aromatic N) is 1. The van der Waals surface area contributed by atoms with E-state index >= 15 is 4.39 Å². The van der Waals surface area contributed by atoms with Crippen molar-refractivity contribution in [1.82, 2.24) is 0 Å². The van der Waals surface area contributed by atoms with E-state index in [1.807, 2.05) is 59.7 Å². The van der Waals surface area contributed by atoms with Crippen molar-refractivity contribution in [3.05, 3.63) is 75.1 Å². The monoisotopic (exact) mass is 575 g/mol. The Morgan fingerprint density at radius 1 is 1.05 bits per heavy atom. The summed E-state index contributed by atoms with van der Waals surface area (Å²) < 4.78 is 32.8. The number of fused-ring (bicyclic) bond motifs is 2. The Kier molecular flexibility index (Phi) is 7.79. The van der Waals surface area contributed by atoms with Gasteiger partial charge in [-0.2, -0.15) is 0 Å². The number of rotatable bonds is 6. The van der Waals surface area contributed by atoms with E-state index in [9.17, 15) is 14.7 Å². The van der Waals surface area contributed by atoms with Crippen molar-refractivity contribution < 1.29 is 33.3 Å². The highest BCUT2D eigenvalue weighted by Crippen LogP contribution is 2.48. The SMILES string of the molecule is COc1ccc(C)c(C(=O)N2CCc3c2cc(C)c(C(OC(C)(C)C)C(=O)O)c3-c2cc(F)c3c(c2C)CCCO3)c1. The van der Waals surface area contributed by atoms with E-state index < -0.39 is 23.5 Å². The molecule has 0 radical (unpaired) electrons. The van der Waals surface area contributed by atoms with Crippen molar-refractivity contribution in [3.63, 3.8) is 0 Å². The molecule has 1 N–H and O–H groups in total. The molecular formula is C34H38FNO6. The van der Waals surface area contributed by atoms with Gasteiger partial charge in [0.25, 0.3) is 5.91 Å². The molecule has 2 heterocycles. The van der Waals surface area contributed by atoms with E-state index in [2.05, 4.69) is 0 Å². The van der Waals surface area contributed by atoms with Crippen molar-refractivity contribution in [2.45, 2.75) is 72.5 Å². The molecule has 3 aromatic rings. The second kappa shape index (κ2) is 11.1. The lowest BCUT2D eigenvalue weighted by molar-refractivity contribution is -0.160. The molecule has 2 aliphatic heterocycles. The van der Waals surface area contributed by atoms with Crippen LogP contribution >= 0.6 is 0 Å². The van der Waals surface area contributed by atoms with E-state index in [4.69, 9.17) is 14.2 Å². The summed E-state index contributed by atoms with van der Waals surface area (Å²) in [5.74, 6) is -0.939. The van der Waals surface area contributed by atoms with Crippen LogP contribution in [-0.4, -0.2) is 42.8 Å². The standard InChI is InChI=1S/C34H38FNO6/c1-18-10-11-21(40-7)16-24(18)32(37)36-13-12-23-27(36)15-19(2)28(31(33(38)39)42-34(4,5)6)29(23)25-17-26(35)30-22(20(25)3)9-8-14-41-30/h10-11,15-17,31H,8-9,12-14H2,1-7H3,(H,38,39). The van der Waals surface area contributed by atoms with Crippen LogP contribution in [0.25, 0.3) is 11.1 Å². The zero-order valence-corrected chi connectivity index (χ0v) is 25.3. The normalized spacial score (nSPS) is 15.1. The Labute approximate surface area is 246 Å². The van der Waals surface area contributed by atoms with Crippen LogP contribution in [0.15, 0.2) is 30.3 Å². The number of carbonyl (C=O) groups excluding carboxylic acids is 1. The summed E-state index contributed by atoms with van der Waals surface area (Å²) in [6.07, 6.45) is 0.604. The fourth-order valence-corrected chi connectivity index (χ4v) is 6.16. The van der Waals surface area contributed by atoms with Crippen molar-refractivity contribution in [2.24, 2.45) is 0 Å². The molecule has 1 unspecified atom stereocenters. The summed E-state index contributed by atoms with van der Waals surface area (Å²) in [6.45, 7) is 11.9. The van der Waals surface area contributed by atoms with Gasteiger partial charge in [-0.1, -0.05) is 6.07 Å². The van der Waals surface area contributed by atoms with Crippen LogP contribution in [0.4, 0.5) is 10.1 Å². The fourth-order valence-electron chi connectivity index (χ4n) is 6.16. The molecular weight excluding hydrogens is 537 g/mol. The van der Waals surface area contributed by atoms with Crippen LogP contribution in [-0.2, 0) is 22.4 Å². The molecule has 7 nitrogen and oxygen atoms in total. The summed E-state index contributed by atoms with van der Waals surface area (Å²) in [4.78, 5) is 28.4. The Morgan fingerprint density at radius 2 is 1.79 bits per heavy atom. The van der Waals surface area contributed by atoms with Gasteiger partial charge in [0.1, 0.15) is 5.75 Å². The third-order valence-electron chi connectivity index (χ3n) is 8.12. The van der Waals surface area contributed by atoms with Crippen LogP contribution < -0.4 is 14.4 Å². The van der Waals surface area contributed by atoms with Crippen LogP contribution in [0.1, 0.15) is 77.0 Å². The lowest BCUT2D eigenvalue weighted by atomic mass is 9.83. The molecule has 0 spiro atoms. The lowest BCUT2D eigenvalue weighted by Gasteiger charge is -2.30. The molecule has 5 rings (SSSR count). The first-order valence-electron chi connectivity index (χ1n) is 14.3. The quantitative estimate of drug-likeness (QED) is 0.344. The van der Waals surface area contributed by atoms with Crippen molar-refractivity contribution >= 4 is 17.6 Å². The van der Waals surface area contributed by atoms with Gasteiger partial charge in [0.2, 0.25) is 0 Å². The number of benzene rings is 3. The maximum atomic E-state index is 15.6. The van der Waals surface area contributed by atoms with E-state index in [1.54, 1.807) is 18.1 Å². The number of aryl methyl sites for hydroxylation is 2. The number of halogens is 1. The number of amides is 1. The average molecular weight is 576 g/mol. The predicted molar refractivity (Wildman–Crippen MR) is 159 cm³/mol. The largest absolute Gasteiger partial charge is 0.497 e. The van der Waals surface area contributed by atoms with Crippen LogP contribution in [0.5, 0.6) is 11.5 Å². The molecule has 222 valence electrons. The molecule has 0 saturated heterocycles. The number of carboxylic acids is 1. The van der Waals surface area contributed by atoms with Gasteiger partial charge in [0.05, 0.1) is 19.3 Å². The van der Waals surface area contributed by atoms with E-state index in [0.29, 0.717) is 65.2 Å². The van der Waals surface area contributed by atoms with Crippen LogP contribution in [0.2, 0.25) is 0 Å². The van der Waals surface area contributed by atoms with Gasteiger partial charge in [0.15, 0.2) is 17.7 Å². The molecule has 8 heteroatoms. The van der Waals surface area contributed by atoms with E-state index in [1.165, 1.54) is 6.07 Å². The second-order valence-electron chi connectivity index (χ2n) is 12.1. The fraction of sp³-hybridized carbons (Fsp3) is 0.412. The number of carbonyl (C=O) groups is 2. The highest BCUT2D eigenvalue weighted by Gasteiger charge is 2.37. The van der Waals surface area contributed by atoms with Crippen molar-refractivity contribution in [2.75, 3.05) is 25.2 Å². The Morgan fingerprint density at radius 3 is 2.45 bits per heavy atom. The van der Waals surface area contributed by atoms with Gasteiger partial charge >= 0.3 is 5.97 Å². The summed E-state index contributed by atoms with van der Waals surface area (Å²) in [5.41, 5.74) is 6.04. The number of anilines is 1. The maximum Gasteiger partial charge on any atom is 0.337 e. The second-order valence-corrected chi connectivity index (χ2v) is 12.1. The van der Waals surface area contributed by atoms with Gasteiger partial charge in [0, 0.05) is 28.9 Å². The van der Waals surface area contributed by atoms with E-state index in [-0.39, 0.29) is 11.7 Å². The third-order valence-corrected chi connectivity index (χ3v) is 8.12. The molecule has 0 aliphatic carbocycles.